The normalized spacial score (nSPS) is 14.7. The molecule has 2 N–H and O–H groups in total. The van der Waals surface area contributed by atoms with E-state index in [1.807, 2.05) is 50.2 Å². The Morgan fingerprint density at radius 1 is 1.13 bits per heavy atom. The minimum absolute atomic E-state index is 0.0922. The fourth-order valence-electron chi connectivity index (χ4n) is 2.56. The Balaban J connectivity index is 1.72. The van der Waals surface area contributed by atoms with Gasteiger partial charge in [0.25, 0.3) is 0 Å². The van der Waals surface area contributed by atoms with Crippen LogP contribution in [-0.4, -0.2) is 16.6 Å². The molecule has 116 valence electrons. The molecule has 0 spiro atoms. The van der Waals surface area contributed by atoms with E-state index in [4.69, 9.17) is 12.2 Å². The van der Waals surface area contributed by atoms with Crippen LogP contribution in [-0.2, 0) is 0 Å². The standard InChI is InChI=1S/C18H17N3OS/c1-11-7-8-12(2)15(9-11)19-18(23)21-20-16-10-17(22)14-6-4-3-5-13(14)16/h3-9H,10H2,1-2H3,(H2,19,21,23). The summed E-state index contributed by atoms with van der Waals surface area (Å²) >= 11 is 5.29. The zero-order valence-electron chi connectivity index (χ0n) is 13.0. The van der Waals surface area contributed by atoms with Gasteiger partial charge in [0.15, 0.2) is 10.9 Å². The van der Waals surface area contributed by atoms with E-state index >= 15 is 0 Å². The predicted octanol–water partition coefficient (Wildman–Crippen LogP) is 3.58. The molecule has 23 heavy (non-hydrogen) atoms. The van der Waals surface area contributed by atoms with Crippen LogP contribution in [0.1, 0.15) is 33.5 Å². The van der Waals surface area contributed by atoms with Crippen molar-refractivity contribution in [3.63, 3.8) is 0 Å². The molecule has 3 rings (SSSR count). The number of ketones is 1. The second-order valence-corrected chi connectivity index (χ2v) is 6.00. The Bertz CT molecular complexity index is 827. The monoisotopic (exact) mass is 323 g/mol. The number of carbonyl (C=O) groups is 1. The number of fused-ring (bicyclic) bond motifs is 1. The average Bonchev–Trinajstić information content (AvgIpc) is 2.86. The minimum Gasteiger partial charge on any atom is -0.331 e. The molecule has 1 aliphatic rings. The zero-order valence-corrected chi connectivity index (χ0v) is 13.8. The predicted molar refractivity (Wildman–Crippen MR) is 97.2 cm³/mol. The fourth-order valence-corrected chi connectivity index (χ4v) is 2.71. The number of thiocarbonyl (C=S) groups is 1. The number of anilines is 1. The molecule has 0 aliphatic heterocycles. The van der Waals surface area contributed by atoms with Crippen molar-refractivity contribution in [3.8, 4) is 0 Å². The maximum atomic E-state index is 11.9. The number of nitrogens with zero attached hydrogens (tertiary/aromatic N) is 1. The van der Waals surface area contributed by atoms with Gasteiger partial charge in [0.05, 0.1) is 12.1 Å². The van der Waals surface area contributed by atoms with Crippen LogP contribution in [0.25, 0.3) is 0 Å². The molecule has 5 heteroatoms. The van der Waals surface area contributed by atoms with Gasteiger partial charge >= 0.3 is 0 Å². The summed E-state index contributed by atoms with van der Waals surface area (Å²) in [7, 11) is 0. The molecule has 0 radical (unpaired) electrons. The summed E-state index contributed by atoms with van der Waals surface area (Å²) in [4.78, 5) is 11.9. The smallest absolute Gasteiger partial charge is 0.191 e. The van der Waals surface area contributed by atoms with Gasteiger partial charge in [-0.25, -0.2) is 0 Å². The molecule has 0 amide bonds. The molecule has 4 nitrogen and oxygen atoms in total. The summed E-state index contributed by atoms with van der Waals surface area (Å²) in [5.41, 5.74) is 8.36. The van der Waals surface area contributed by atoms with Gasteiger partial charge in [-0.15, -0.1) is 0 Å². The first-order chi connectivity index (χ1) is 11.0. The Labute approximate surface area is 140 Å². The lowest BCUT2D eigenvalue weighted by molar-refractivity contribution is 0.101. The number of nitrogens with one attached hydrogen (secondary N) is 2. The Morgan fingerprint density at radius 2 is 1.87 bits per heavy atom. The highest BCUT2D eigenvalue weighted by molar-refractivity contribution is 7.80. The van der Waals surface area contributed by atoms with Crippen molar-refractivity contribution in [3.05, 3.63) is 64.7 Å². The van der Waals surface area contributed by atoms with E-state index in [0.717, 1.165) is 33.7 Å². The highest BCUT2D eigenvalue weighted by atomic mass is 32.1. The number of hydrogen-bond donors (Lipinski definition) is 2. The van der Waals surface area contributed by atoms with E-state index in [1.54, 1.807) is 0 Å². The lowest BCUT2D eigenvalue weighted by Crippen LogP contribution is -2.25. The van der Waals surface area contributed by atoms with Gasteiger partial charge in [-0.2, -0.15) is 5.10 Å². The van der Waals surface area contributed by atoms with Gasteiger partial charge in [0.1, 0.15) is 0 Å². The molecule has 2 aromatic rings. The van der Waals surface area contributed by atoms with Gasteiger partial charge < -0.3 is 5.32 Å². The number of carbonyl (C=O) groups excluding carboxylic acids is 1. The molecule has 0 unspecified atom stereocenters. The van der Waals surface area contributed by atoms with Crippen LogP contribution >= 0.6 is 12.2 Å². The number of hydrazone groups is 1. The molecule has 0 aromatic heterocycles. The summed E-state index contributed by atoms with van der Waals surface area (Å²) in [6, 6.07) is 13.6. The third kappa shape index (κ3) is 3.29. The summed E-state index contributed by atoms with van der Waals surface area (Å²) < 4.78 is 0. The minimum atomic E-state index is 0.0922. The largest absolute Gasteiger partial charge is 0.331 e. The number of Topliss-reactive ketones (excluding diaryl/α,β-unsaturated/α-hetero) is 1. The highest BCUT2D eigenvalue weighted by Crippen LogP contribution is 2.22. The van der Waals surface area contributed by atoms with Gasteiger partial charge in [0.2, 0.25) is 0 Å². The quantitative estimate of drug-likeness (QED) is 0.655. The van der Waals surface area contributed by atoms with Crippen LogP contribution in [0.5, 0.6) is 0 Å². The lowest BCUT2D eigenvalue weighted by Gasteiger charge is -2.11. The van der Waals surface area contributed by atoms with Crippen molar-refractivity contribution >= 4 is 34.5 Å². The first-order valence-corrected chi connectivity index (χ1v) is 7.79. The SMILES string of the molecule is Cc1ccc(C)c(NC(=S)NN=C2CC(=O)c3ccccc32)c1. The highest BCUT2D eigenvalue weighted by Gasteiger charge is 2.24. The third-order valence-electron chi connectivity index (χ3n) is 3.80. The summed E-state index contributed by atoms with van der Waals surface area (Å²) in [6.07, 6.45) is 0.304. The number of benzene rings is 2. The van der Waals surface area contributed by atoms with Gasteiger partial charge in [-0.1, -0.05) is 36.4 Å². The van der Waals surface area contributed by atoms with Crippen molar-refractivity contribution in [1.82, 2.24) is 5.43 Å². The first-order valence-electron chi connectivity index (χ1n) is 7.38. The van der Waals surface area contributed by atoms with E-state index in [1.165, 1.54) is 0 Å². The summed E-state index contributed by atoms with van der Waals surface area (Å²) in [5, 5.41) is 7.85. The fraction of sp³-hybridized carbons (Fsp3) is 0.167. The van der Waals surface area contributed by atoms with Crippen molar-refractivity contribution in [2.24, 2.45) is 5.10 Å². The summed E-state index contributed by atoms with van der Waals surface area (Å²) in [6.45, 7) is 4.05. The number of hydrogen-bond acceptors (Lipinski definition) is 3. The maximum absolute atomic E-state index is 11.9. The van der Waals surface area contributed by atoms with E-state index in [0.29, 0.717) is 11.5 Å². The van der Waals surface area contributed by atoms with Gasteiger partial charge in [-0.05, 0) is 43.3 Å². The van der Waals surface area contributed by atoms with Crippen LogP contribution in [0.4, 0.5) is 5.69 Å². The van der Waals surface area contributed by atoms with Crippen molar-refractivity contribution < 1.29 is 4.79 Å². The topological polar surface area (TPSA) is 53.5 Å². The molecule has 0 bridgehead atoms. The molecule has 2 aromatic carbocycles. The van der Waals surface area contributed by atoms with Crippen LogP contribution in [0.15, 0.2) is 47.6 Å². The van der Waals surface area contributed by atoms with Crippen molar-refractivity contribution in [1.29, 1.82) is 0 Å². The molecule has 0 heterocycles. The van der Waals surface area contributed by atoms with Crippen LogP contribution in [0.2, 0.25) is 0 Å². The second-order valence-electron chi connectivity index (χ2n) is 5.59. The second kappa shape index (κ2) is 6.30. The molecule has 0 saturated heterocycles. The average molecular weight is 323 g/mol. The molecular weight excluding hydrogens is 306 g/mol. The van der Waals surface area contributed by atoms with E-state index in [2.05, 4.69) is 21.9 Å². The lowest BCUT2D eigenvalue weighted by atomic mass is 10.1. The Kier molecular flexibility index (Phi) is 4.21. The first kappa shape index (κ1) is 15.4. The molecule has 0 fully saturated rings. The Morgan fingerprint density at radius 3 is 2.65 bits per heavy atom. The summed E-state index contributed by atoms with van der Waals surface area (Å²) in [5.74, 6) is 0.0922. The number of aryl methyl sites for hydroxylation is 2. The molecule has 1 aliphatic carbocycles. The third-order valence-corrected chi connectivity index (χ3v) is 3.99. The van der Waals surface area contributed by atoms with Gasteiger partial charge in [0, 0.05) is 16.8 Å². The van der Waals surface area contributed by atoms with Crippen molar-refractivity contribution in [2.45, 2.75) is 20.3 Å². The van der Waals surface area contributed by atoms with Gasteiger partial charge in [-0.3, -0.25) is 10.2 Å². The van der Waals surface area contributed by atoms with Crippen LogP contribution in [0.3, 0.4) is 0 Å². The molecule has 0 atom stereocenters. The maximum Gasteiger partial charge on any atom is 0.191 e. The van der Waals surface area contributed by atoms with Crippen LogP contribution < -0.4 is 10.7 Å². The molecular formula is C18H17N3OS. The zero-order chi connectivity index (χ0) is 16.4. The Hall–Kier alpha value is -2.53. The van der Waals surface area contributed by atoms with Crippen LogP contribution in [0, 0.1) is 13.8 Å². The van der Waals surface area contributed by atoms with Crippen molar-refractivity contribution in [2.75, 3.05) is 5.32 Å². The number of rotatable bonds is 2. The molecule has 0 saturated carbocycles. The van der Waals surface area contributed by atoms with E-state index < -0.39 is 0 Å². The van der Waals surface area contributed by atoms with E-state index in [-0.39, 0.29) is 5.78 Å². The van der Waals surface area contributed by atoms with E-state index in [9.17, 15) is 4.79 Å².